The maximum absolute atomic E-state index is 11.8. The van der Waals surface area contributed by atoms with Gasteiger partial charge in [-0.1, -0.05) is 66.7 Å². The number of hydrogen-bond donors (Lipinski definition) is 4. The molecule has 2 aromatic carbocycles. The topological polar surface area (TPSA) is 158 Å². The molecule has 2 aromatic rings. The van der Waals surface area contributed by atoms with Crippen molar-refractivity contribution >= 4 is 23.7 Å². The van der Waals surface area contributed by atoms with Crippen molar-refractivity contribution in [1.29, 1.82) is 0 Å². The summed E-state index contributed by atoms with van der Waals surface area (Å²) in [6.07, 6.45) is 4.65. The van der Waals surface area contributed by atoms with Gasteiger partial charge in [0.1, 0.15) is 0 Å². The summed E-state index contributed by atoms with van der Waals surface area (Å²) in [5.41, 5.74) is 1.75. The van der Waals surface area contributed by atoms with Crippen LogP contribution >= 0.6 is 0 Å². The summed E-state index contributed by atoms with van der Waals surface area (Å²) < 4.78 is 4.33. The molecule has 1 atom stereocenters. The van der Waals surface area contributed by atoms with Crippen LogP contribution in [0.25, 0.3) is 0 Å². The molecule has 0 saturated heterocycles. The van der Waals surface area contributed by atoms with E-state index in [-0.39, 0.29) is 11.4 Å². The first-order valence-corrected chi connectivity index (χ1v) is 10.2. The van der Waals surface area contributed by atoms with Crippen molar-refractivity contribution < 1.29 is 44.3 Å². The highest BCUT2D eigenvalue weighted by Gasteiger charge is 2.06. The molecule has 0 heterocycles. The second kappa shape index (κ2) is 18.0. The molecule has 0 aliphatic heterocycles. The molecule has 0 radical (unpaired) electrons. The number of aliphatic carboxylic acids is 3. The third-order valence-corrected chi connectivity index (χ3v) is 3.75. The zero-order valence-corrected chi connectivity index (χ0v) is 19.3. The lowest BCUT2D eigenvalue weighted by molar-refractivity contribution is -0.133. The van der Waals surface area contributed by atoms with Gasteiger partial charge in [-0.25, -0.2) is 14.4 Å². The fraction of sp³-hybridized carbons (Fsp3) is 0.154. The molecule has 0 aliphatic carbocycles. The number of carboxylic acid groups (broad SMARTS) is 3. The Bertz CT molecular complexity index is 958. The molecule has 0 saturated carbocycles. The van der Waals surface area contributed by atoms with E-state index in [0.29, 0.717) is 6.42 Å². The Balaban J connectivity index is 0.000000507. The lowest BCUT2D eigenvalue weighted by Crippen LogP contribution is -2.00. The highest BCUT2D eigenvalue weighted by atomic mass is 16.5. The van der Waals surface area contributed by atoms with Gasteiger partial charge < -0.3 is 25.2 Å². The number of ketones is 1. The van der Waals surface area contributed by atoms with Crippen molar-refractivity contribution in [2.24, 2.45) is 0 Å². The Morgan fingerprint density at radius 2 is 1.20 bits per heavy atom. The number of aliphatic hydroxyl groups is 1. The molecule has 4 N–H and O–H groups in total. The second-order valence-corrected chi connectivity index (χ2v) is 6.76. The van der Waals surface area contributed by atoms with E-state index in [1.54, 1.807) is 6.92 Å². The van der Waals surface area contributed by atoms with Gasteiger partial charge in [0.15, 0.2) is 5.78 Å². The minimum atomic E-state index is -1.16. The predicted octanol–water partition coefficient (Wildman–Crippen LogP) is 3.91. The van der Waals surface area contributed by atoms with Crippen LogP contribution in [0.4, 0.5) is 0 Å². The van der Waals surface area contributed by atoms with Crippen LogP contribution in [-0.2, 0) is 19.1 Å². The first kappa shape index (κ1) is 30.5. The Kier molecular flexibility index (Phi) is 15.7. The Labute approximate surface area is 202 Å². The molecule has 0 bridgehead atoms. The van der Waals surface area contributed by atoms with Crippen LogP contribution in [0.1, 0.15) is 36.2 Å². The fourth-order valence-corrected chi connectivity index (χ4v) is 2.02. The number of ether oxygens (including phenoxy) is 1. The summed E-state index contributed by atoms with van der Waals surface area (Å²) in [5.74, 6) is -3.17. The maximum atomic E-state index is 11.8. The SMILES string of the molecule is CC(=CCC(C)O)C(=O)O.O=C(O)C=COC=CC(=O)O.O=C(c1ccccc1)c1ccccc1. The molecule has 0 fully saturated rings. The standard InChI is InChI=1S/C13H10O.C7H12O3.C6H6O5/c14-13(11-7-3-1-4-8-11)12-9-5-2-6-10-12;1-5(7(9)10)3-4-6(2)8;7-5(8)1-3-11-4-2-6(9)10/h1-10H;3,6,8H,4H2,1-2H3,(H,9,10);1-4H,(H,7,8)(H,9,10). The van der Waals surface area contributed by atoms with Crippen molar-refractivity contribution in [3.8, 4) is 0 Å². The van der Waals surface area contributed by atoms with E-state index in [1.165, 1.54) is 13.0 Å². The molecule has 0 aliphatic rings. The van der Waals surface area contributed by atoms with Crippen molar-refractivity contribution in [3.63, 3.8) is 0 Å². The van der Waals surface area contributed by atoms with Gasteiger partial charge in [-0.15, -0.1) is 0 Å². The average Bonchev–Trinajstić information content (AvgIpc) is 2.83. The van der Waals surface area contributed by atoms with E-state index in [1.807, 2.05) is 60.7 Å². The number of carboxylic acids is 3. The third kappa shape index (κ3) is 16.7. The van der Waals surface area contributed by atoms with Crippen LogP contribution in [0.15, 0.2) is 97.0 Å². The number of rotatable bonds is 9. The number of hydrogen-bond acceptors (Lipinski definition) is 6. The van der Waals surface area contributed by atoms with Gasteiger partial charge in [-0.05, 0) is 20.3 Å². The minimum absolute atomic E-state index is 0.0752. The van der Waals surface area contributed by atoms with E-state index < -0.39 is 24.0 Å². The van der Waals surface area contributed by atoms with Crippen molar-refractivity contribution in [2.75, 3.05) is 0 Å². The van der Waals surface area contributed by atoms with E-state index in [0.717, 1.165) is 35.8 Å². The minimum Gasteiger partial charge on any atom is -0.478 e. The summed E-state index contributed by atoms with van der Waals surface area (Å²) in [4.78, 5) is 41.6. The molecular formula is C26H28O9. The molecule has 9 heteroatoms. The number of carbonyl (C=O) groups is 4. The Hall–Kier alpha value is -4.50. The molecule has 0 aromatic heterocycles. The van der Waals surface area contributed by atoms with E-state index >= 15 is 0 Å². The van der Waals surface area contributed by atoms with Gasteiger partial charge >= 0.3 is 17.9 Å². The van der Waals surface area contributed by atoms with Crippen LogP contribution in [0.5, 0.6) is 0 Å². The molecule has 2 rings (SSSR count). The second-order valence-electron chi connectivity index (χ2n) is 6.76. The first-order valence-electron chi connectivity index (χ1n) is 10.2. The molecular weight excluding hydrogens is 456 g/mol. The van der Waals surface area contributed by atoms with E-state index in [4.69, 9.17) is 20.4 Å². The molecule has 186 valence electrons. The van der Waals surface area contributed by atoms with Crippen LogP contribution in [0, 0.1) is 0 Å². The lowest BCUT2D eigenvalue weighted by Gasteiger charge is -1.99. The summed E-state index contributed by atoms with van der Waals surface area (Å²) in [6.45, 7) is 3.12. The molecule has 35 heavy (non-hydrogen) atoms. The van der Waals surface area contributed by atoms with Gasteiger partial charge in [0.05, 0.1) is 30.8 Å². The largest absolute Gasteiger partial charge is 0.478 e. The quantitative estimate of drug-likeness (QED) is 0.235. The number of aliphatic hydroxyl groups excluding tert-OH is 1. The van der Waals surface area contributed by atoms with Crippen molar-refractivity contribution in [2.45, 2.75) is 26.4 Å². The third-order valence-electron chi connectivity index (χ3n) is 3.75. The van der Waals surface area contributed by atoms with Crippen LogP contribution in [0.3, 0.4) is 0 Å². The normalized spacial score (nSPS) is 11.5. The maximum Gasteiger partial charge on any atom is 0.331 e. The monoisotopic (exact) mass is 484 g/mol. The predicted molar refractivity (Wildman–Crippen MR) is 129 cm³/mol. The first-order chi connectivity index (χ1) is 16.5. The summed E-state index contributed by atoms with van der Waals surface area (Å²) in [5, 5.41) is 33.1. The molecule has 9 nitrogen and oxygen atoms in total. The molecule has 0 spiro atoms. The highest BCUT2D eigenvalue weighted by Crippen LogP contribution is 2.08. The van der Waals surface area contributed by atoms with Gasteiger partial charge in [-0.3, -0.25) is 4.79 Å². The van der Waals surface area contributed by atoms with Gasteiger partial charge in [0, 0.05) is 16.7 Å². The molecule has 1 unspecified atom stereocenters. The Morgan fingerprint density at radius 1 is 0.800 bits per heavy atom. The highest BCUT2D eigenvalue weighted by molar-refractivity contribution is 6.08. The van der Waals surface area contributed by atoms with Crippen molar-refractivity contribution in [1.82, 2.24) is 0 Å². The summed E-state index contributed by atoms with van der Waals surface area (Å²) in [6, 6.07) is 18.6. The van der Waals surface area contributed by atoms with Gasteiger partial charge in [0.2, 0.25) is 0 Å². The van der Waals surface area contributed by atoms with E-state index in [2.05, 4.69) is 4.74 Å². The lowest BCUT2D eigenvalue weighted by atomic mass is 10.0. The average molecular weight is 485 g/mol. The van der Waals surface area contributed by atoms with Crippen LogP contribution < -0.4 is 0 Å². The summed E-state index contributed by atoms with van der Waals surface area (Å²) >= 11 is 0. The van der Waals surface area contributed by atoms with Crippen LogP contribution in [0.2, 0.25) is 0 Å². The van der Waals surface area contributed by atoms with Gasteiger partial charge in [0.25, 0.3) is 0 Å². The zero-order chi connectivity index (χ0) is 26.6. The zero-order valence-electron chi connectivity index (χ0n) is 19.3. The Morgan fingerprint density at radius 3 is 1.51 bits per heavy atom. The fourth-order valence-electron chi connectivity index (χ4n) is 2.02. The molecule has 0 amide bonds. The van der Waals surface area contributed by atoms with Gasteiger partial charge in [-0.2, -0.15) is 0 Å². The van der Waals surface area contributed by atoms with E-state index in [9.17, 15) is 19.2 Å². The smallest absolute Gasteiger partial charge is 0.331 e. The van der Waals surface area contributed by atoms with Crippen LogP contribution in [-0.4, -0.2) is 50.2 Å². The number of carbonyl (C=O) groups excluding carboxylic acids is 1. The van der Waals surface area contributed by atoms with Crippen molar-refractivity contribution in [3.05, 3.63) is 108 Å². The summed E-state index contributed by atoms with van der Waals surface area (Å²) in [7, 11) is 0. The number of benzene rings is 2.